The molecule has 2 N–H and O–H groups in total. The van der Waals surface area contributed by atoms with Gasteiger partial charge in [-0.1, -0.05) is 6.92 Å². The van der Waals surface area contributed by atoms with Gasteiger partial charge < -0.3 is 5.73 Å². The Hall–Kier alpha value is -0.830. The van der Waals surface area contributed by atoms with E-state index in [1.807, 2.05) is 16.9 Å². The van der Waals surface area contributed by atoms with E-state index < -0.39 is 0 Å². The van der Waals surface area contributed by atoms with Gasteiger partial charge in [0.1, 0.15) is 0 Å². The first kappa shape index (κ1) is 8.75. The zero-order chi connectivity index (χ0) is 9.47. The number of hydrogen-bond acceptors (Lipinski definition) is 2. The van der Waals surface area contributed by atoms with Gasteiger partial charge in [-0.3, -0.25) is 4.68 Å². The number of aryl methyl sites for hydroxylation is 1. The lowest BCUT2D eigenvalue weighted by Crippen LogP contribution is -2.23. The van der Waals surface area contributed by atoms with E-state index in [0.29, 0.717) is 5.41 Å². The maximum Gasteiger partial charge on any atom is 0.0556 e. The number of rotatable bonds is 3. The number of nitrogens with two attached hydrogens (primary N) is 1. The Labute approximate surface area is 78.9 Å². The van der Waals surface area contributed by atoms with E-state index in [1.165, 1.54) is 18.5 Å². The zero-order valence-corrected chi connectivity index (χ0v) is 8.33. The molecule has 1 unspecified atom stereocenters. The average molecular weight is 179 g/mol. The highest BCUT2D eigenvalue weighted by Crippen LogP contribution is 2.53. The first-order valence-corrected chi connectivity index (χ1v) is 4.94. The summed E-state index contributed by atoms with van der Waals surface area (Å²) in [5.74, 6) is 0. The SMILES string of the molecule is CCn1nccc1C(N)C1(C)CC1. The van der Waals surface area contributed by atoms with Crippen LogP contribution in [0.5, 0.6) is 0 Å². The van der Waals surface area contributed by atoms with E-state index in [9.17, 15) is 0 Å². The van der Waals surface area contributed by atoms with Crippen LogP contribution in [0.3, 0.4) is 0 Å². The summed E-state index contributed by atoms with van der Waals surface area (Å²) in [4.78, 5) is 0. The van der Waals surface area contributed by atoms with Crippen molar-refractivity contribution in [3.8, 4) is 0 Å². The first-order valence-electron chi connectivity index (χ1n) is 4.94. The molecule has 0 aliphatic heterocycles. The second-order valence-electron chi connectivity index (χ2n) is 4.20. The maximum absolute atomic E-state index is 6.19. The van der Waals surface area contributed by atoms with Crippen LogP contribution >= 0.6 is 0 Å². The third-order valence-electron chi connectivity index (χ3n) is 3.16. The van der Waals surface area contributed by atoms with Gasteiger partial charge in [0.05, 0.1) is 11.7 Å². The lowest BCUT2D eigenvalue weighted by atomic mass is 9.97. The fraction of sp³-hybridized carbons (Fsp3) is 0.700. The highest BCUT2D eigenvalue weighted by Gasteiger charge is 2.44. The molecule has 0 saturated heterocycles. The maximum atomic E-state index is 6.19. The molecule has 1 aromatic heterocycles. The predicted octanol–water partition coefficient (Wildman–Crippen LogP) is 1.70. The Morgan fingerprint density at radius 2 is 2.38 bits per heavy atom. The van der Waals surface area contributed by atoms with Crippen LogP contribution in [0.1, 0.15) is 38.4 Å². The second kappa shape index (κ2) is 2.84. The van der Waals surface area contributed by atoms with Crippen LogP contribution < -0.4 is 5.73 Å². The minimum atomic E-state index is 0.162. The summed E-state index contributed by atoms with van der Waals surface area (Å²) >= 11 is 0. The molecule has 0 spiro atoms. The minimum Gasteiger partial charge on any atom is -0.322 e. The van der Waals surface area contributed by atoms with Crippen molar-refractivity contribution in [2.24, 2.45) is 11.1 Å². The third kappa shape index (κ3) is 1.37. The predicted molar refractivity (Wildman–Crippen MR) is 52.2 cm³/mol. The number of hydrogen-bond donors (Lipinski definition) is 1. The molecule has 1 heterocycles. The largest absolute Gasteiger partial charge is 0.322 e. The molecular weight excluding hydrogens is 162 g/mol. The van der Waals surface area contributed by atoms with Crippen LogP contribution in [-0.4, -0.2) is 9.78 Å². The van der Waals surface area contributed by atoms with E-state index in [4.69, 9.17) is 5.73 Å². The lowest BCUT2D eigenvalue weighted by Gasteiger charge is -2.19. The molecule has 0 radical (unpaired) electrons. The average Bonchev–Trinajstić information content (AvgIpc) is 2.71. The first-order chi connectivity index (χ1) is 6.17. The van der Waals surface area contributed by atoms with Crippen molar-refractivity contribution in [1.29, 1.82) is 0 Å². The number of aromatic nitrogens is 2. The molecule has 72 valence electrons. The van der Waals surface area contributed by atoms with Gasteiger partial charge in [-0.2, -0.15) is 5.10 Å². The van der Waals surface area contributed by atoms with Crippen LogP contribution in [0.15, 0.2) is 12.3 Å². The summed E-state index contributed by atoms with van der Waals surface area (Å²) in [6.45, 7) is 5.26. The molecule has 1 aliphatic carbocycles. The molecule has 0 aromatic carbocycles. The van der Waals surface area contributed by atoms with Gasteiger partial charge in [0.15, 0.2) is 0 Å². The van der Waals surface area contributed by atoms with Crippen molar-refractivity contribution in [3.05, 3.63) is 18.0 Å². The molecule has 13 heavy (non-hydrogen) atoms. The molecule has 1 aliphatic rings. The summed E-state index contributed by atoms with van der Waals surface area (Å²) in [7, 11) is 0. The highest BCUT2D eigenvalue weighted by atomic mass is 15.3. The van der Waals surface area contributed by atoms with Crippen molar-refractivity contribution < 1.29 is 0 Å². The van der Waals surface area contributed by atoms with Gasteiger partial charge in [0, 0.05) is 12.7 Å². The Bertz CT molecular complexity index is 299. The Morgan fingerprint density at radius 3 is 2.92 bits per heavy atom. The molecule has 1 aromatic rings. The van der Waals surface area contributed by atoms with E-state index >= 15 is 0 Å². The van der Waals surface area contributed by atoms with Crippen LogP contribution in [-0.2, 0) is 6.54 Å². The Morgan fingerprint density at radius 1 is 1.69 bits per heavy atom. The van der Waals surface area contributed by atoms with Gasteiger partial charge in [-0.15, -0.1) is 0 Å². The molecule has 0 amide bonds. The van der Waals surface area contributed by atoms with Crippen molar-refractivity contribution >= 4 is 0 Å². The second-order valence-corrected chi connectivity index (χ2v) is 4.20. The molecule has 3 heteroatoms. The molecule has 1 atom stereocenters. The summed E-state index contributed by atoms with van der Waals surface area (Å²) in [5.41, 5.74) is 7.72. The lowest BCUT2D eigenvalue weighted by molar-refractivity contribution is 0.418. The summed E-state index contributed by atoms with van der Waals surface area (Å²) in [6, 6.07) is 2.20. The van der Waals surface area contributed by atoms with Gasteiger partial charge in [-0.25, -0.2) is 0 Å². The fourth-order valence-corrected chi connectivity index (χ4v) is 1.74. The number of nitrogens with zero attached hydrogens (tertiary/aromatic N) is 2. The van der Waals surface area contributed by atoms with Crippen molar-refractivity contribution in [2.75, 3.05) is 0 Å². The van der Waals surface area contributed by atoms with Crippen LogP contribution in [0.4, 0.5) is 0 Å². The topological polar surface area (TPSA) is 43.8 Å². The molecule has 3 nitrogen and oxygen atoms in total. The van der Waals surface area contributed by atoms with Gasteiger partial charge in [0.2, 0.25) is 0 Å². The Balaban J connectivity index is 2.24. The van der Waals surface area contributed by atoms with Crippen LogP contribution in [0, 0.1) is 5.41 Å². The third-order valence-corrected chi connectivity index (χ3v) is 3.16. The Kier molecular flexibility index (Phi) is 1.91. The van der Waals surface area contributed by atoms with Gasteiger partial charge in [0.25, 0.3) is 0 Å². The fourth-order valence-electron chi connectivity index (χ4n) is 1.74. The normalized spacial score (nSPS) is 21.5. The van der Waals surface area contributed by atoms with Crippen LogP contribution in [0.2, 0.25) is 0 Å². The monoisotopic (exact) mass is 179 g/mol. The van der Waals surface area contributed by atoms with E-state index in [0.717, 1.165) is 6.54 Å². The zero-order valence-electron chi connectivity index (χ0n) is 8.33. The summed E-state index contributed by atoms with van der Waals surface area (Å²) < 4.78 is 1.99. The standard InChI is InChI=1S/C10H17N3/c1-3-13-8(4-7-12-13)9(11)10(2)5-6-10/h4,7,9H,3,5-6,11H2,1-2H3. The summed E-state index contributed by atoms with van der Waals surface area (Å²) in [5, 5.41) is 4.23. The van der Waals surface area contributed by atoms with E-state index in [1.54, 1.807) is 0 Å². The minimum absolute atomic E-state index is 0.162. The van der Waals surface area contributed by atoms with Crippen LogP contribution in [0.25, 0.3) is 0 Å². The molecular formula is C10H17N3. The van der Waals surface area contributed by atoms with Crippen molar-refractivity contribution in [3.63, 3.8) is 0 Å². The highest BCUT2D eigenvalue weighted by molar-refractivity contribution is 5.14. The van der Waals surface area contributed by atoms with E-state index in [-0.39, 0.29) is 6.04 Å². The van der Waals surface area contributed by atoms with E-state index in [2.05, 4.69) is 18.9 Å². The molecule has 2 rings (SSSR count). The van der Waals surface area contributed by atoms with Crippen molar-refractivity contribution in [1.82, 2.24) is 9.78 Å². The quantitative estimate of drug-likeness (QED) is 0.767. The van der Waals surface area contributed by atoms with Crippen molar-refractivity contribution in [2.45, 2.75) is 39.3 Å². The van der Waals surface area contributed by atoms with Gasteiger partial charge in [-0.05, 0) is 31.2 Å². The van der Waals surface area contributed by atoms with Gasteiger partial charge >= 0.3 is 0 Å². The molecule has 0 bridgehead atoms. The smallest absolute Gasteiger partial charge is 0.0556 e. The molecule has 1 saturated carbocycles. The molecule has 1 fully saturated rings. The summed E-state index contributed by atoms with van der Waals surface area (Å²) in [6.07, 6.45) is 4.34.